The van der Waals surface area contributed by atoms with Crippen molar-refractivity contribution in [3.05, 3.63) is 24.3 Å². The minimum absolute atomic E-state index is 0.0677. The Bertz CT molecular complexity index is 739. The van der Waals surface area contributed by atoms with E-state index in [2.05, 4.69) is 24.8 Å². The molecule has 0 fully saturated rings. The Kier molecular flexibility index (Phi) is 4.80. The standard InChI is InChI=1S/C13H24N2O3S2Si/c1-13(2,3)21(5,6)15-20(14,18)12-9-7-11(8-10-12)19(4,16)17/h7-10H,1-6H3,(H2,14,15,18). The number of nitrogens with zero attached hydrogens (tertiary/aromatic N) is 1. The molecule has 1 aromatic rings. The van der Waals surface area contributed by atoms with Crippen LogP contribution in [0.25, 0.3) is 0 Å². The van der Waals surface area contributed by atoms with Crippen molar-refractivity contribution in [2.45, 2.75) is 48.7 Å². The maximum atomic E-state index is 12.7. The van der Waals surface area contributed by atoms with E-state index in [1.54, 1.807) is 0 Å². The van der Waals surface area contributed by atoms with Crippen LogP contribution in [0.15, 0.2) is 38.1 Å². The first kappa shape index (κ1) is 18.3. The lowest BCUT2D eigenvalue weighted by atomic mass is 10.2. The van der Waals surface area contributed by atoms with Gasteiger partial charge in [0.05, 0.1) is 9.79 Å². The number of sulfone groups is 1. The number of rotatable bonds is 3. The zero-order valence-corrected chi connectivity index (χ0v) is 16.0. The number of benzene rings is 1. The second-order valence-corrected chi connectivity index (χ2v) is 15.7. The molecule has 2 N–H and O–H groups in total. The highest BCUT2D eigenvalue weighted by molar-refractivity contribution is 7.92. The van der Waals surface area contributed by atoms with Crippen molar-refractivity contribution in [2.24, 2.45) is 9.17 Å². The molecule has 0 spiro atoms. The van der Waals surface area contributed by atoms with E-state index in [0.717, 1.165) is 6.26 Å². The maximum Gasteiger partial charge on any atom is 0.195 e. The Labute approximate surface area is 129 Å². The van der Waals surface area contributed by atoms with Crippen molar-refractivity contribution in [1.82, 2.24) is 0 Å². The van der Waals surface area contributed by atoms with Crippen LogP contribution in [0.4, 0.5) is 0 Å². The van der Waals surface area contributed by atoms with Gasteiger partial charge < -0.3 is 0 Å². The highest BCUT2D eigenvalue weighted by atomic mass is 32.2. The molecule has 1 rings (SSSR count). The predicted molar refractivity (Wildman–Crippen MR) is 89.8 cm³/mol. The zero-order valence-electron chi connectivity index (χ0n) is 13.4. The number of nitrogens with two attached hydrogens (primary N) is 1. The maximum absolute atomic E-state index is 12.7. The van der Waals surface area contributed by atoms with Gasteiger partial charge in [0.1, 0.15) is 9.92 Å². The molecule has 1 atom stereocenters. The Morgan fingerprint density at radius 2 is 1.38 bits per heavy atom. The van der Waals surface area contributed by atoms with Crippen LogP contribution in [0.1, 0.15) is 20.8 Å². The van der Waals surface area contributed by atoms with Crippen molar-refractivity contribution >= 4 is 28.0 Å². The van der Waals surface area contributed by atoms with Crippen molar-refractivity contribution < 1.29 is 12.6 Å². The van der Waals surface area contributed by atoms with E-state index in [4.69, 9.17) is 5.14 Å². The van der Waals surface area contributed by atoms with Crippen LogP contribution in [0.5, 0.6) is 0 Å². The molecule has 0 saturated heterocycles. The van der Waals surface area contributed by atoms with Gasteiger partial charge in [-0.05, 0) is 42.4 Å². The van der Waals surface area contributed by atoms with Gasteiger partial charge in [-0.3, -0.25) is 4.03 Å². The summed E-state index contributed by atoms with van der Waals surface area (Å²) in [7, 11) is -8.47. The van der Waals surface area contributed by atoms with Gasteiger partial charge in [-0.15, -0.1) is 0 Å². The van der Waals surface area contributed by atoms with Crippen LogP contribution < -0.4 is 5.14 Å². The van der Waals surface area contributed by atoms with Crippen LogP contribution in [-0.4, -0.2) is 27.1 Å². The summed E-state index contributed by atoms with van der Waals surface area (Å²) in [5.41, 5.74) is 0. The molecule has 120 valence electrons. The minimum Gasteiger partial charge on any atom is -0.261 e. The minimum atomic E-state index is -3.28. The summed E-state index contributed by atoms with van der Waals surface area (Å²) < 4.78 is 40.0. The molecule has 21 heavy (non-hydrogen) atoms. The largest absolute Gasteiger partial charge is 0.261 e. The highest BCUT2D eigenvalue weighted by Gasteiger charge is 2.37. The zero-order chi connectivity index (χ0) is 16.7. The van der Waals surface area contributed by atoms with Gasteiger partial charge in [-0.1, -0.05) is 20.8 Å². The van der Waals surface area contributed by atoms with Gasteiger partial charge in [0, 0.05) is 6.26 Å². The summed E-state index contributed by atoms with van der Waals surface area (Å²) >= 11 is 0. The smallest absolute Gasteiger partial charge is 0.195 e. The Hall–Kier alpha value is -0.703. The molecule has 0 saturated carbocycles. The molecule has 0 heterocycles. The van der Waals surface area contributed by atoms with Crippen molar-refractivity contribution in [2.75, 3.05) is 6.26 Å². The molecule has 0 aromatic heterocycles. The van der Waals surface area contributed by atoms with Crippen molar-refractivity contribution in [1.29, 1.82) is 0 Å². The number of hydrogen-bond acceptors (Lipinski definition) is 4. The molecule has 1 aromatic carbocycles. The van der Waals surface area contributed by atoms with Crippen molar-refractivity contribution in [3.63, 3.8) is 0 Å². The molecule has 1 unspecified atom stereocenters. The van der Waals surface area contributed by atoms with E-state index in [1.165, 1.54) is 24.3 Å². The summed E-state index contributed by atoms with van der Waals surface area (Å²) in [5, 5.41) is 5.86. The van der Waals surface area contributed by atoms with Crippen molar-refractivity contribution in [3.8, 4) is 0 Å². The van der Waals surface area contributed by atoms with E-state index in [0.29, 0.717) is 4.90 Å². The van der Waals surface area contributed by atoms with E-state index in [-0.39, 0.29) is 9.93 Å². The second-order valence-electron chi connectivity index (χ2n) is 6.71. The van der Waals surface area contributed by atoms with Gasteiger partial charge in [0.2, 0.25) is 0 Å². The van der Waals surface area contributed by atoms with E-state index < -0.39 is 28.0 Å². The summed E-state index contributed by atoms with van der Waals surface area (Å²) in [6, 6.07) is 5.79. The molecular weight excluding hydrogens is 324 g/mol. The van der Waals surface area contributed by atoms with Crippen LogP contribution in [0.3, 0.4) is 0 Å². The van der Waals surface area contributed by atoms with Gasteiger partial charge >= 0.3 is 0 Å². The first-order valence-corrected chi connectivity index (χ1v) is 12.9. The third-order valence-electron chi connectivity index (χ3n) is 3.79. The number of hydrogen-bond donors (Lipinski definition) is 1. The van der Waals surface area contributed by atoms with Gasteiger partial charge in [-0.2, -0.15) is 0 Å². The third-order valence-corrected chi connectivity index (χ3v) is 12.4. The lowest BCUT2D eigenvalue weighted by Crippen LogP contribution is -2.37. The Balaban J connectivity index is 3.36. The molecule has 0 aliphatic heterocycles. The van der Waals surface area contributed by atoms with Crippen LogP contribution in [-0.2, 0) is 19.8 Å². The van der Waals surface area contributed by atoms with E-state index in [1.807, 2.05) is 13.1 Å². The molecule has 0 aliphatic carbocycles. The van der Waals surface area contributed by atoms with E-state index >= 15 is 0 Å². The van der Waals surface area contributed by atoms with Gasteiger partial charge in [-0.25, -0.2) is 17.8 Å². The fraction of sp³-hybridized carbons (Fsp3) is 0.538. The van der Waals surface area contributed by atoms with Crippen LogP contribution >= 0.6 is 0 Å². The summed E-state index contributed by atoms with van der Waals surface area (Å²) in [5.74, 6) is 0. The Morgan fingerprint density at radius 3 is 1.71 bits per heavy atom. The quantitative estimate of drug-likeness (QED) is 0.852. The molecule has 0 amide bonds. The van der Waals surface area contributed by atoms with Gasteiger partial charge in [0.15, 0.2) is 18.1 Å². The SMILES string of the molecule is CC(C)(C)[Si](C)(C)N=S(N)(=O)c1ccc(S(C)(=O)=O)cc1. The lowest BCUT2D eigenvalue weighted by molar-refractivity contribution is 0.601. The first-order valence-electron chi connectivity index (χ1n) is 6.53. The molecule has 8 heteroatoms. The monoisotopic (exact) mass is 348 g/mol. The predicted octanol–water partition coefficient (Wildman–Crippen LogP) is 2.80. The summed E-state index contributed by atoms with van der Waals surface area (Å²) in [6.45, 7) is 10.2. The molecular formula is C13H24N2O3S2Si. The lowest BCUT2D eigenvalue weighted by Gasteiger charge is -2.32. The summed E-state index contributed by atoms with van der Waals surface area (Å²) in [6.07, 6.45) is 1.13. The first-order chi connectivity index (χ1) is 9.17. The molecule has 5 nitrogen and oxygen atoms in total. The van der Waals surface area contributed by atoms with Crippen LogP contribution in [0, 0.1) is 0 Å². The average Bonchev–Trinajstić information content (AvgIpc) is 2.25. The van der Waals surface area contributed by atoms with Gasteiger partial charge in [0.25, 0.3) is 0 Å². The normalized spacial score (nSPS) is 16.3. The topological polar surface area (TPSA) is 89.6 Å². The van der Waals surface area contributed by atoms with E-state index in [9.17, 15) is 12.6 Å². The van der Waals surface area contributed by atoms with Crippen LogP contribution in [0.2, 0.25) is 18.1 Å². The average molecular weight is 349 g/mol. The third kappa shape index (κ3) is 4.38. The molecule has 0 bridgehead atoms. The fourth-order valence-corrected chi connectivity index (χ4v) is 6.80. The summed E-state index contributed by atoms with van der Waals surface area (Å²) in [4.78, 5) is 0.536. The fourth-order valence-electron chi connectivity index (χ4n) is 1.41. The Morgan fingerprint density at radius 1 is 1.00 bits per heavy atom. The second kappa shape index (κ2) is 5.49. The molecule has 0 aliphatic rings. The molecule has 0 radical (unpaired) electrons. The highest BCUT2D eigenvalue weighted by Crippen LogP contribution is 2.37.